The summed E-state index contributed by atoms with van der Waals surface area (Å²) in [6.45, 7) is 0. The van der Waals surface area contributed by atoms with Gasteiger partial charge in [-0.25, -0.2) is 4.39 Å². The third kappa shape index (κ3) is 3.55. The lowest BCUT2D eigenvalue weighted by Gasteiger charge is -2.09. The van der Waals surface area contributed by atoms with Gasteiger partial charge in [0.2, 0.25) is 0 Å². The summed E-state index contributed by atoms with van der Waals surface area (Å²) >= 11 is 6.46. The maximum absolute atomic E-state index is 13.5. The van der Waals surface area contributed by atoms with Crippen LogP contribution in [0.25, 0.3) is 6.08 Å². The lowest BCUT2D eigenvalue weighted by Crippen LogP contribution is -2.17. The molecule has 3 rings (SSSR count). The molecule has 0 aliphatic carbocycles. The first-order valence-electron chi connectivity index (χ1n) is 6.50. The zero-order valence-corrected chi connectivity index (χ0v) is 13.1. The van der Waals surface area contributed by atoms with E-state index in [1.165, 1.54) is 18.2 Å². The molecule has 0 bridgehead atoms. The zero-order chi connectivity index (χ0) is 16.4. The van der Waals surface area contributed by atoms with E-state index in [-0.39, 0.29) is 15.7 Å². The molecule has 1 heterocycles. The number of hydrogen-bond acceptors (Lipinski definition) is 4. The largest absolute Gasteiger partial charge is 0.457 e. The van der Waals surface area contributed by atoms with Crippen LogP contribution in [0.5, 0.6) is 11.5 Å². The van der Waals surface area contributed by atoms with E-state index < -0.39 is 17.0 Å². The molecular weight excluding hydrogens is 341 g/mol. The van der Waals surface area contributed by atoms with Crippen molar-refractivity contribution in [2.24, 2.45) is 0 Å². The number of benzene rings is 2. The van der Waals surface area contributed by atoms with Gasteiger partial charge in [-0.05, 0) is 36.0 Å². The number of carbonyl (C=O) groups is 2. The topological polar surface area (TPSA) is 55.4 Å². The van der Waals surface area contributed by atoms with Crippen molar-refractivity contribution in [1.82, 2.24) is 5.32 Å². The molecular formula is C16H9ClFNO3S. The Bertz CT molecular complexity index is 838. The molecule has 0 saturated carbocycles. The minimum atomic E-state index is -0.587. The van der Waals surface area contributed by atoms with Crippen LogP contribution in [0.15, 0.2) is 47.4 Å². The van der Waals surface area contributed by atoms with Crippen LogP contribution < -0.4 is 10.1 Å². The maximum atomic E-state index is 13.5. The lowest BCUT2D eigenvalue weighted by atomic mass is 10.2. The number of para-hydroxylation sites is 1. The molecule has 1 aliphatic heterocycles. The van der Waals surface area contributed by atoms with Crippen molar-refractivity contribution in [3.8, 4) is 11.5 Å². The highest BCUT2D eigenvalue weighted by molar-refractivity contribution is 8.18. The molecule has 23 heavy (non-hydrogen) atoms. The summed E-state index contributed by atoms with van der Waals surface area (Å²) in [7, 11) is 0. The fourth-order valence-corrected chi connectivity index (χ4v) is 2.71. The van der Waals surface area contributed by atoms with Gasteiger partial charge in [-0.15, -0.1) is 0 Å². The molecule has 1 aliphatic rings. The van der Waals surface area contributed by atoms with Gasteiger partial charge in [-0.1, -0.05) is 29.8 Å². The van der Waals surface area contributed by atoms with Crippen LogP contribution in [0.2, 0.25) is 5.02 Å². The van der Waals surface area contributed by atoms with Gasteiger partial charge in [0.15, 0.2) is 0 Å². The Labute approximate surface area is 140 Å². The molecule has 1 N–H and O–H groups in total. The summed E-state index contributed by atoms with van der Waals surface area (Å²) in [5, 5.41) is 1.77. The van der Waals surface area contributed by atoms with E-state index in [1.54, 1.807) is 30.3 Å². The first-order chi connectivity index (χ1) is 11.0. The number of ether oxygens (including phenoxy) is 1. The minimum absolute atomic E-state index is 0.00490. The zero-order valence-electron chi connectivity index (χ0n) is 11.5. The van der Waals surface area contributed by atoms with Crippen molar-refractivity contribution < 1.29 is 18.7 Å². The van der Waals surface area contributed by atoms with Crippen LogP contribution in [0.4, 0.5) is 9.18 Å². The molecule has 116 valence electrons. The van der Waals surface area contributed by atoms with Crippen molar-refractivity contribution in [1.29, 1.82) is 0 Å². The van der Waals surface area contributed by atoms with Gasteiger partial charge in [-0.2, -0.15) is 0 Å². The van der Waals surface area contributed by atoms with Gasteiger partial charge in [0, 0.05) is 11.6 Å². The molecule has 0 aromatic heterocycles. The Morgan fingerprint density at radius 1 is 1.17 bits per heavy atom. The summed E-state index contributed by atoms with van der Waals surface area (Å²) in [4.78, 5) is 23.1. The summed E-state index contributed by atoms with van der Waals surface area (Å²) < 4.78 is 19.1. The first-order valence-corrected chi connectivity index (χ1v) is 7.69. The third-order valence-corrected chi connectivity index (χ3v) is 4.08. The van der Waals surface area contributed by atoms with Crippen LogP contribution in [0.1, 0.15) is 5.56 Å². The predicted octanol–water partition coefficient (Wildman–Crippen LogP) is 4.60. The fraction of sp³-hybridized carbons (Fsp3) is 0. The van der Waals surface area contributed by atoms with E-state index in [2.05, 4.69) is 5.32 Å². The number of imide groups is 1. The maximum Gasteiger partial charge on any atom is 0.290 e. The Hall–Kier alpha value is -2.31. The fourth-order valence-electron chi connectivity index (χ4n) is 1.92. The summed E-state index contributed by atoms with van der Waals surface area (Å²) in [6.07, 6.45) is 1.55. The van der Waals surface area contributed by atoms with Crippen LogP contribution in [-0.4, -0.2) is 11.1 Å². The SMILES string of the molecule is O=C1NC(=O)/C(=C/c2ccccc2Oc2ccc(Cl)c(F)c2)S1. The Morgan fingerprint density at radius 3 is 2.65 bits per heavy atom. The number of thioether (sulfide) groups is 1. The summed E-state index contributed by atoms with van der Waals surface area (Å²) in [5.41, 5.74) is 0.593. The number of carbonyl (C=O) groups excluding carboxylic acids is 2. The Balaban J connectivity index is 1.92. The van der Waals surface area contributed by atoms with E-state index in [1.807, 2.05) is 0 Å². The van der Waals surface area contributed by atoms with Crippen LogP contribution >= 0.6 is 23.4 Å². The average molecular weight is 350 g/mol. The molecule has 2 aromatic rings. The average Bonchev–Trinajstić information content (AvgIpc) is 2.83. The second-order valence-electron chi connectivity index (χ2n) is 4.57. The third-order valence-electron chi connectivity index (χ3n) is 2.97. The monoisotopic (exact) mass is 349 g/mol. The standard InChI is InChI=1S/C16H9ClFNO3S/c17-11-6-5-10(8-12(11)18)22-13-4-2-1-3-9(13)7-14-15(20)19-16(21)23-14/h1-8H,(H,19,20,21)/b14-7-. The van der Waals surface area contributed by atoms with Gasteiger partial charge >= 0.3 is 0 Å². The molecule has 1 fully saturated rings. The van der Waals surface area contributed by atoms with Crippen LogP contribution in [0.3, 0.4) is 0 Å². The second kappa shape index (κ2) is 6.44. The van der Waals surface area contributed by atoms with Crippen molar-refractivity contribution >= 4 is 40.6 Å². The number of hydrogen-bond donors (Lipinski definition) is 1. The lowest BCUT2D eigenvalue weighted by molar-refractivity contribution is -0.115. The number of rotatable bonds is 3. The second-order valence-corrected chi connectivity index (χ2v) is 5.99. The van der Waals surface area contributed by atoms with Gasteiger partial charge < -0.3 is 4.74 Å². The van der Waals surface area contributed by atoms with Gasteiger partial charge in [0.05, 0.1) is 9.93 Å². The highest BCUT2D eigenvalue weighted by Gasteiger charge is 2.25. The van der Waals surface area contributed by atoms with Crippen molar-refractivity contribution in [2.75, 3.05) is 0 Å². The molecule has 0 atom stereocenters. The number of halogens is 2. The van der Waals surface area contributed by atoms with Gasteiger partial charge in [0.25, 0.3) is 11.1 Å². The molecule has 2 aromatic carbocycles. The van der Waals surface area contributed by atoms with Gasteiger partial charge in [-0.3, -0.25) is 14.9 Å². The van der Waals surface area contributed by atoms with Crippen LogP contribution in [-0.2, 0) is 4.79 Å². The van der Waals surface area contributed by atoms with E-state index in [0.29, 0.717) is 11.3 Å². The first kappa shape index (κ1) is 15.6. The van der Waals surface area contributed by atoms with E-state index in [4.69, 9.17) is 16.3 Å². The molecule has 4 nitrogen and oxygen atoms in total. The molecule has 0 radical (unpaired) electrons. The summed E-state index contributed by atoms with van der Waals surface area (Å²) in [5.74, 6) is -0.338. The molecule has 7 heteroatoms. The Kier molecular flexibility index (Phi) is 4.36. The van der Waals surface area contributed by atoms with Crippen molar-refractivity contribution in [3.63, 3.8) is 0 Å². The quantitative estimate of drug-likeness (QED) is 0.823. The van der Waals surface area contributed by atoms with E-state index in [9.17, 15) is 14.0 Å². The smallest absolute Gasteiger partial charge is 0.290 e. The molecule has 2 amide bonds. The summed E-state index contributed by atoms with van der Waals surface area (Å²) in [6, 6.07) is 11.0. The molecule has 0 spiro atoms. The number of amides is 2. The normalized spacial score (nSPS) is 15.8. The highest BCUT2D eigenvalue weighted by Crippen LogP contribution is 2.32. The van der Waals surface area contributed by atoms with Gasteiger partial charge in [0.1, 0.15) is 17.3 Å². The van der Waals surface area contributed by atoms with E-state index in [0.717, 1.165) is 11.8 Å². The molecule has 1 saturated heterocycles. The van der Waals surface area contributed by atoms with Crippen LogP contribution in [0, 0.1) is 5.82 Å². The molecule has 0 unspecified atom stereocenters. The Morgan fingerprint density at radius 2 is 1.96 bits per heavy atom. The number of nitrogens with one attached hydrogen (secondary N) is 1. The van der Waals surface area contributed by atoms with E-state index >= 15 is 0 Å². The van der Waals surface area contributed by atoms with Crippen molar-refractivity contribution in [3.05, 3.63) is 63.8 Å². The highest BCUT2D eigenvalue weighted by atomic mass is 35.5. The predicted molar refractivity (Wildman–Crippen MR) is 87.0 cm³/mol. The minimum Gasteiger partial charge on any atom is -0.457 e. The van der Waals surface area contributed by atoms with Crippen molar-refractivity contribution in [2.45, 2.75) is 0 Å².